The number of fused-ring (bicyclic) bond motifs is 14. The molecule has 0 N–H and O–H groups in total. The smallest absolute Gasteiger partial charge is 0.159 e. The molecular formula is C49H28N2. The van der Waals surface area contributed by atoms with Gasteiger partial charge in [0, 0.05) is 29.1 Å². The van der Waals surface area contributed by atoms with Crippen LogP contribution in [0.5, 0.6) is 0 Å². The van der Waals surface area contributed by atoms with Gasteiger partial charge in [0.05, 0.1) is 5.41 Å². The van der Waals surface area contributed by atoms with E-state index in [1.807, 2.05) is 0 Å². The first-order chi connectivity index (χ1) is 25.3. The highest BCUT2D eigenvalue weighted by atomic mass is 14.9. The maximum absolute atomic E-state index is 5.13. The van der Waals surface area contributed by atoms with Gasteiger partial charge < -0.3 is 0 Å². The van der Waals surface area contributed by atoms with Gasteiger partial charge in [0.1, 0.15) is 0 Å². The SMILES string of the molecule is c1ccc2c(c1)-c1ccccc1C21c2ccccc2-c2c1cc1c(c2-c2cnc(-c3cccc4ccccc34)nc2)-c2cccc3cccc-1c23. The molecule has 2 heteroatoms. The van der Waals surface area contributed by atoms with Crippen LogP contribution >= 0.6 is 0 Å². The zero-order chi connectivity index (χ0) is 33.3. The molecule has 1 heterocycles. The Morgan fingerprint density at radius 2 is 0.882 bits per heavy atom. The summed E-state index contributed by atoms with van der Waals surface area (Å²) < 4.78 is 0. The third-order valence-electron chi connectivity index (χ3n) is 11.7. The van der Waals surface area contributed by atoms with Crippen LogP contribution in [0.15, 0.2) is 170 Å². The van der Waals surface area contributed by atoms with E-state index in [9.17, 15) is 0 Å². The highest BCUT2D eigenvalue weighted by Gasteiger charge is 2.53. The summed E-state index contributed by atoms with van der Waals surface area (Å²) >= 11 is 0. The van der Waals surface area contributed by atoms with Gasteiger partial charge >= 0.3 is 0 Å². The Morgan fingerprint density at radius 1 is 0.353 bits per heavy atom. The minimum Gasteiger partial charge on any atom is -0.236 e. The number of rotatable bonds is 2. The Bertz CT molecular complexity index is 2910. The lowest BCUT2D eigenvalue weighted by Gasteiger charge is -2.31. The van der Waals surface area contributed by atoms with E-state index in [0.29, 0.717) is 0 Å². The highest BCUT2D eigenvalue weighted by Crippen LogP contribution is 2.67. The summed E-state index contributed by atoms with van der Waals surface area (Å²) in [7, 11) is 0. The molecule has 2 nitrogen and oxygen atoms in total. The predicted molar refractivity (Wildman–Crippen MR) is 209 cm³/mol. The van der Waals surface area contributed by atoms with Gasteiger partial charge in [-0.3, -0.25) is 0 Å². The van der Waals surface area contributed by atoms with Crippen molar-refractivity contribution in [3.05, 3.63) is 192 Å². The number of hydrogen-bond donors (Lipinski definition) is 0. The summed E-state index contributed by atoms with van der Waals surface area (Å²) in [4.78, 5) is 10.3. The molecule has 0 saturated carbocycles. The maximum atomic E-state index is 5.13. The average molecular weight is 645 g/mol. The third kappa shape index (κ3) is 3.32. The van der Waals surface area contributed by atoms with E-state index in [-0.39, 0.29) is 0 Å². The molecular weight excluding hydrogens is 617 g/mol. The summed E-state index contributed by atoms with van der Waals surface area (Å²) in [6, 6.07) is 58.0. The van der Waals surface area contributed by atoms with Crippen LogP contribution in [0.3, 0.4) is 0 Å². The zero-order valence-electron chi connectivity index (χ0n) is 27.6. The first kappa shape index (κ1) is 27.2. The molecule has 12 rings (SSSR count). The van der Waals surface area contributed by atoms with E-state index in [4.69, 9.17) is 9.97 Å². The largest absolute Gasteiger partial charge is 0.236 e. The van der Waals surface area contributed by atoms with E-state index >= 15 is 0 Å². The standard InChI is InChI=1S/C49H28N2/c1-2-16-32-29(12-1)13-9-21-36(32)48-50-27-31(28-51-48)45-46-38-22-11-15-30-14-10-20-35(44(30)38)39(46)26-43-47(45)37-19-5-8-25-42(37)49(43)40-23-6-3-17-33(40)34-18-4-7-24-41(34)49/h1-28H. The van der Waals surface area contributed by atoms with Crippen molar-refractivity contribution in [1.82, 2.24) is 9.97 Å². The van der Waals surface area contributed by atoms with Gasteiger partial charge in [-0.2, -0.15) is 0 Å². The minimum atomic E-state index is -0.449. The van der Waals surface area contributed by atoms with E-state index < -0.39 is 5.41 Å². The van der Waals surface area contributed by atoms with Gasteiger partial charge in [-0.25, -0.2) is 9.97 Å². The monoisotopic (exact) mass is 644 g/mol. The summed E-state index contributed by atoms with van der Waals surface area (Å²) in [6.45, 7) is 0. The average Bonchev–Trinajstić information content (AvgIpc) is 3.80. The molecule has 0 aliphatic heterocycles. The van der Waals surface area contributed by atoms with Crippen LogP contribution in [0.1, 0.15) is 22.3 Å². The topological polar surface area (TPSA) is 25.8 Å². The molecule has 0 saturated heterocycles. The molecule has 0 atom stereocenters. The fourth-order valence-electron chi connectivity index (χ4n) is 9.82. The van der Waals surface area contributed by atoms with Crippen molar-refractivity contribution >= 4 is 21.5 Å². The normalized spacial score (nSPS) is 13.6. The van der Waals surface area contributed by atoms with Crippen molar-refractivity contribution in [2.24, 2.45) is 0 Å². The highest BCUT2D eigenvalue weighted by molar-refractivity contribution is 6.21. The van der Waals surface area contributed by atoms with E-state index in [2.05, 4.69) is 170 Å². The zero-order valence-corrected chi connectivity index (χ0v) is 27.6. The van der Waals surface area contributed by atoms with Crippen molar-refractivity contribution in [1.29, 1.82) is 0 Å². The van der Waals surface area contributed by atoms with Crippen LogP contribution in [0, 0.1) is 0 Å². The molecule has 3 aliphatic rings. The number of nitrogens with zero attached hydrogens (tertiary/aromatic N) is 2. The van der Waals surface area contributed by atoms with Crippen molar-refractivity contribution in [3.63, 3.8) is 0 Å². The first-order valence-corrected chi connectivity index (χ1v) is 17.7. The predicted octanol–water partition coefficient (Wildman–Crippen LogP) is 12.1. The van der Waals surface area contributed by atoms with Crippen LogP contribution < -0.4 is 0 Å². The molecule has 3 aliphatic carbocycles. The second-order valence-electron chi connectivity index (χ2n) is 14.0. The van der Waals surface area contributed by atoms with E-state index in [0.717, 1.165) is 22.3 Å². The van der Waals surface area contributed by atoms with Gasteiger partial charge in [0.25, 0.3) is 0 Å². The maximum Gasteiger partial charge on any atom is 0.159 e. The fourth-order valence-corrected chi connectivity index (χ4v) is 9.82. The minimum absolute atomic E-state index is 0.449. The lowest BCUT2D eigenvalue weighted by Crippen LogP contribution is -2.26. The number of benzene rings is 8. The van der Waals surface area contributed by atoms with Crippen LogP contribution in [-0.4, -0.2) is 9.97 Å². The Balaban J connectivity index is 1.22. The van der Waals surface area contributed by atoms with E-state index in [1.165, 1.54) is 88.5 Å². The van der Waals surface area contributed by atoms with Crippen LogP contribution in [0.2, 0.25) is 0 Å². The van der Waals surface area contributed by atoms with Gasteiger partial charge in [-0.05, 0) is 94.4 Å². The Morgan fingerprint density at radius 3 is 1.61 bits per heavy atom. The molecule has 1 spiro atoms. The summed E-state index contributed by atoms with van der Waals surface area (Å²) in [6.07, 6.45) is 4.13. The summed E-state index contributed by atoms with van der Waals surface area (Å²) in [5, 5.41) is 4.93. The fraction of sp³-hybridized carbons (Fsp3) is 0.0204. The lowest BCUT2D eigenvalue weighted by molar-refractivity contribution is 0.794. The van der Waals surface area contributed by atoms with Gasteiger partial charge in [0.15, 0.2) is 5.82 Å². The molecule has 0 bridgehead atoms. The van der Waals surface area contributed by atoms with Crippen LogP contribution in [0.25, 0.3) is 88.6 Å². The first-order valence-electron chi connectivity index (χ1n) is 17.7. The van der Waals surface area contributed by atoms with Crippen molar-refractivity contribution in [2.45, 2.75) is 5.41 Å². The number of hydrogen-bond acceptors (Lipinski definition) is 2. The molecule has 0 fully saturated rings. The Labute approximate surface area is 295 Å². The molecule has 51 heavy (non-hydrogen) atoms. The quantitative estimate of drug-likeness (QED) is 0.187. The Hall–Kier alpha value is -6.64. The number of aromatic nitrogens is 2. The molecule has 9 aromatic rings. The molecule has 1 aromatic heterocycles. The van der Waals surface area contributed by atoms with Crippen molar-refractivity contribution in [2.75, 3.05) is 0 Å². The second-order valence-corrected chi connectivity index (χ2v) is 14.0. The third-order valence-corrected chi connectivity index (χ3v) is 11.7. The molecule has 0 radical (unpaired) electrons. The van der Waals surface area contributed by atoms with Gasteiger partial charge in [-0.15, -0.1) is 0 Å². The molecule has 0 unspecified atom stereocenters. The van der Waals surface area contributed by atoms with Crippen LogP contribution in [-0.2, 0) is 5.41 Å². The Kier molecular flexibility index (Phi) is 5.20. The van der Waals surface area contributed by atoms with Gasteiger partial charge in [-0.1, -0.05) is 152 Å². The summed E-state index contributed by atoms with van der Waals surface area (Å²) in [5.41, 5.74) is 18.5. The van der Waals surface area contributed by atoms with Crippen LogP contribution in [0.4, 0.5) is 0 Å². The van der Waals surface area contributed by atoms with Crippen molar-refractivity contribution in [3.8, 4) is 67.0 Å². The lowest BCUT2D eigenvalue weighted by atomic mass is 9.69. The van der Waals surface area contributed by atoms with E-state index in [1.54, 1.807) is 0 Å². The molecule has 234 valence electrons. The molecule has 0 amide bonds. The van der Waals surface area contributed by atoms with Crippen molar-refractivity contribution < 1.29 is 0 Å². The second kappa shape index (κ2) is 9.74. The summed E-state index contributed by atoms with van der Waals surface area (Å²) in [5.74, 6) is 0.737. The molecule has 8 aromatic carbocycles. The van der Waals surface area contributed by atoms with Gasteiger partial charge in [0.2, 0.25) is 0 Å².